The van der Waals surface area contributed by atoms with Gasteiger partial charge in [-0.3, -0.25) is 9.59 Å². The van der Waals surface area contributed by atoms with Gasteiger partial charge in [0.2, 0.25) is 0 Å². The average Bonchev–Trinajstić information content (AvgIpc) is 3.30. The zero-order valence-corrected chi connectivity index (χ0v) is 17.7. The molecule has 1 aliphatic heterocycles. The summed E-state index contributed by atoms with van der Waals surface area (Å²) >= 11 is 0. The number of likely N-dealkylation sites (tertiary alicyclic amines) is 1. The molecule has 31 heavy (non-hydrogen) atoms. The highest BCUT2D eigenvalue weighted by molar-refractivity contribution is 5.92. The van der Waals surface area contributed by atoms with Crippen molar-refractivity contribution in [2.45, 2.75) is 25.4 Å². The normalized spacial score (nSPS) is 15.7. The molecular formula is C24H25N3O4. The number of nitrogens with zero attached hydrogens (tertiary/aromatic N) is 3. The van der Waals surface area contributed by atoms with E-state index in [1.54, 1.807) is 14.2 Å². The number of ether oxygens (including phenoxy) is 2. The molecule has 160 valence electrons. The van der Waals surface area contributed by atoms with Crippen molar-refractivity contribution in [3.8, 4) is 11.5 Å². The highest BCUT2D eigenvalue weighted by atomic mass is 16.5. The van der Waals surface area contributed by atoms with Gasteiger partial charge in [0, 0.05) is 24.2 Å². The molecule has 0 bridgehead atoms. The Morgan fingerprint density at radius 1 is 1.06 bits per heavy atom. The zero-order chi connectivity index (χ0) is 21.8. The van der Waals surface area contributed by atoms with Crippen molar-refractivity contribution in [2.24, 2.45) is 0 Å². The number of hydrogen-bond donors (Lipinski definition) is 0. The number of amides is 1. The second-order valence-electron chi connectivity index (χ2n) is 7.46. The van der Waals surface area contributed by atoms with E-state index in [1.165, 1.54) is 16.8 Å². The van der Waals surface area contributed by atoms with E-state index in [4.69, 9.17) is 9.47 Å². The maximum absolute atomic E-state index is 13.4. The van der Waals surface area contributed by atoms with Gasteiger partial charge in [0.05, 0.1) is 26.8 Å². The van der Waals surface area contributed by atoms with Gasteiger partial charge in [0.15, 0.2) is 0 Å². The van der Waals surface area contributed by atoms with Crippen LogP contribution in [0.15, 0.2) is 65.5 Å². The molecule has 7 heteroatoms. The van der Waals surface area contributed by atoms with E-state index in [-0.39, 0.29) is 23.2 Å². The maximum Gasteiger partial charge on any atom is 0.274 e. The van der Waals surface area contributed by atoms with Crippen LogP contribution in [-0.4, -0.2) is 41.4 Å². The van der Waals surface area contributed by atoms with Crippen LogP contribution in [-0.2, 0) is 6.54 Å². The van der Waals surface area contributed by atoms with Gasteiger partial charge in [-0.15, -0.1) is 0 Å². The molecule has 0 saturated carbocycles. The second kappa shape index (κ2) is 9.04. The topological polar surface area (TPSA) is 73.7 Å². The number of carbonyl (C=O) groups excluding carboxylic acids is 1. The Kier molecular flexibility index (Phi) is 6.02. The standard InChI is InChI=1S/C24H25N3O4/c1-30-18-10-11-19(22(15-18)31-2)21-9-6-14-26(21)24(29)20-12-13-23(28)27(25-20)16-17-7-4-3-5-8-17/h3-5,7-8,10-13,15,21H,6,9,14,16H2,1-2H3/t21-/m0/s1. The monoisotopic (exact) mass is 419 g/mol. The molecule has 0 spiro atoms. The van der Waals surface area contributed by atoms with Crippen molar-refractivity contribution in [1.82, 2.24) is 14.7 Å². The van der Waals surface area contributed by atoms with E-state index in [9.17, 15) is 9.59 Å². The largest absolute Gasteiger partial charge is 0.497 e. The van der Waals surface area contributed by atoms with Crippen molar-refractivity contribution < 1.29 is 14.3 Å². The Morgan fingerprint density at radius 3 is 2.61 bits per heavy atom. The fourth-order valence-corrected chi connectivity index (χ4v) is 4.01. The minimum absolute atomic E-state index is 0.121. The maximum atomic E-state index is 13.4. The predicted octanol–water partition coefficient (Wildman–Crippen LogP) is 3.29. The van der Waals surface area contributed by atoms with Crippen LogP contribution in [0.2, 0.25) is 0 Å². The van der Waals surface area contributed by atoms with Gasteiger partial charge in [0.1, 0.15) is 17.2 Å². The lowest BCUT2D eigenvalue weighted by Gasteiger charge is -2.26. The quantitative estimate of drug-likeness (QED) is 0.613. The first-order valence-corrected chi connectivity index (χ1v) is 10.3. The van der Waals surface area contributed by atoms with Crippen molar-refractivity contribution in [3.63, 3.8) is 0 Å². The van der Waals surface area contributed by atoms with E-state index >= 15 is 0 Å². The molecule has 7 nitrogen and oxygen atoms in total. The molecule has 1 aliphatic rings. The Labute approximate surface area is 180 Å². The molecule has 1 aromatic heterocycles. The molecule has 1 amide bonds. The van der Waals surface area contributed by atoms with Crippen LogP contribution in [0.25, 0.3) is 0 Å². The van der Waals surface area contributed by atoms with Crippen LogP contribution in [0.5, 0.6) is 11.5 Å². The van der Waals surface area contributed by atoms with Crippen molar-refractivity contribution in [1.29, 1.82) is 0 Å². The first-order valence-electron chi connectivity index (χ1n) is 10.3. The van der Waals surface area contributed by atoms with Gasteiger partial charge in [-0.2, -0.15) is 5.10 Å². The average molecular weight is 419 g/mol. The van der Waals surface area contributed by atoms with Gasteiger partial charge in [0.25, 0.3) is 11.5 Å². The van der Waals surface area contributed by atoms with Crippen LogP contribution in [0.3, 0.4) is 0 Å². The van der Waals surface area contributed by atoms with Gasteiger partial charge in [-0.05, 0) is 36.6 Å². The summed E-state index contributed by atoms with van der Waals surface area (Å²) in [5, 5.41) is 4.37. The molecular weight excluding hydrogens is 394 g/mol. The van der Waals surface area contributed by atoms with Crippen LogP contribution >= 0.6 is 0 Å². The highest BCUT2D eigenvalue weighted by Gasteiger charge is 2.33. The van der Waals surface area contributed by atoms with Crippen LogP contribution in [0.1, 0.15) is 40.5 Å². The summed E-state index contributed by atoms with van der Waals surface area (Å²) < 4.78 is 12.2. The lowest BCUT2D eigenvalue weighted by molar-refractivity contribution is 0.0725. The summed E-state index contributed by atoms with van der Waals surface area (Å²) in [5.41, 5.74) is 1.90. The number of carbonyl (C=O) groups is 1. The Bertz CT molecular complexity index is 1130. The molecule has 3 aromatic rings. The van der Waals surface area contributed by atoms with E-state index < -0.39 is 0 Å². The second-order valence-corrected chi connectivity index (χ2v) is 7.46. The third-order valence-corrected chi connectivity index (χ3v) is 5.57. The third-order valence-electron chi connectivity index (χ3n) is 5.57. The fourth-order valence-electron chi connectivity index (χ4n) is 4.01. The molecule has 1 fully saturated rings. The van der Waals surface area contributed by atoms with Gasteiger partial charge in [-0.1, -0.05) is 30.3 Å². The molecule has 2 heterocycles. The first kappa shape index (κ1) is 20.7. The summed E-state index contributed by atoms with van der Waals surface area (Å²) in [6, 6.07) is 18.0. The smallest absolute Gasteiger partial charge is 0.274 e. The molecule has 1 atom stereocenters. The minimum Gasteiger partial charge on any atom is -0.497 e. The van der Waals surface area contributed by atoms with Crippen LogP contribution < -0.4 is 15.0 Å². The molecule has 2 aromatic carbocycles. The van der Waals surface area contributed by atoms with Crippen LogP contribution in [0, 0.1) is 0 Å². The van der Waals surface area contributed by atoms with Gasteiger partial charge < -0.3 is 14.4 Å². The summed E-state index contributed by atoms with van der Waals surface area (Å²) in [7, 11) is 3.22. The Hall–Kier alpha value is -3.61. The highest BCUT2D eigenvalue weighted by Crippen LogP contribution is 2.39. The van der Waals surface area contributed by atoms with E-state index in [0.717, 1.165) is 24.0 Å². The van der Waals surface area contributed by atoms with E-state index in [1.807, 2.05) is 53.4 Å². The zero-order valence-electron chi connectivity index (χ0n) is 17.7. The summed E-state index contributed by atoms with van der Waals surface area (Å²) in [5.74, 6) is 1.19. The summed E-state index contributed by atoms with van der Waals surface area (Å²) in [4.78, 5) is 27.5. The molecule has 0 radical (unpaired) electrons. The number of benzene rings is 2. The van der Waals surface area contributed by atoms with Gasteiger partial charge >= 0.3 is 0 Å². The predicted molar refractivity (Wildman–Crippen MR) is 117 cm³/mol. The molecule has 4 rings (SSSR count). The number of hydrogen-bond acceptors (Lipinski definition) is 5. The Balaban J connectivity index is 1.62. The molecule has 0 aliphatic carbocycles. The SMILES string of the molecule is COc1ccc([C@@H]2CCCN2C(=O)c2ccc(=O)n(Cc3ccccc3)n2)c(OC)c1. The number of rotatable bonds is 6. The lowest BCUT2D eigenvalue weighted by Crippen LogP contribution is -2.34. The van der Waals surface area contributed by atoms with Crippen LogP contribution in [0.4, 0.5) is 0 Å². The molecule has 1 saturated heterocycles. The van der Waals surface area contributed by atoms with Crippen molar-refractivity contribution >= 4 is 5.91 Å². The number of aromatic nitrogens is 2. The van der Waals surface area contributed by atoms with E-state index in [0.29, 0.717) is 24.6 Å². The fraction of sp³-hybridized carbons (Fsp3) is 0.292. The number of methoxy groups -OCH3 is 2. The molecule has 0 N–H and O–H groups in total. The Morgan fingerprint density at radius 2 is 1.87 bits per heavy atom. The van der Waals surface area contributed by atoms with E-state index in [2.05, 4.69) is 5.10 Å². The first-order chi connectivity index (χ1) is 15.1. The molecule has 0 unspecified atom stereocenters. The van der Waals surface area contributed by atoms with Crippen molar-refractivity contribution in [2.75, 3.05) is 20.8 Å². The summed E-state index contributed by atoms with van der Waals surface area (Å²) in [6.45, 7) is 0.939. The van der Waals surface area contributed by atoms with Gasteiger partial charge in [-0.25, -0.2) is 4.68 Å². The lowest BCUT2D eigenvalue weighted by atomic mass is 10.0. The minimum atomic E-state index is -0.241. The van der Waals surface area contributed by atoms with Crippen molar-refractivity contribution in [3.05, 3.63) is 87.8 Å². The third kappa shape index (κ3) is 4.30. The summed E-state index contributed by atoms with van der Waals surface area (Å²) in [6.07, 6.45) is 1.72.